The first-order chi connectivity index (χ1) is 12.4. The van der Waals surface area contributed by atoms with Gasteiger partial charge in [0.2, 0.25) is 0 Å². The fourth-order valence-corrected chi connectivity index (χ4v) is 4.64. The molecule has 4 rings (SSSR count). The third kappa shape index (κ3) is 2.91. The van der Waals surface area contributed by atoms with Crippen LogP contribution in [0, 0.1) is 0 Å². The van der Waals surface area contributed by atoms with Gasteiger partial charge in [-0.25, -0.2) is 17.4 Å². The molecule has 3 aromatic rings. The van der Waals surface area contributed by atoms with Crippen molar-refractivity contribution < 1.29 is 13.2 Å². The van der Waals surface area contributed by atoms with Gasteiger partial charge < -0.3 is 5.32 Å². The van der Waals surface area contributed by atoms with E-state index in [9.17, 15) is 13.2 Å². The molecule has 0 unspecified atom stereocenters. The lowest BCUT2D eigenvalue weighted by atomic mass is 10.3. The van der Waals surface area contributed by atoms with Crippen LogP contribution < -0.4 is 5.32 Å². The van der Waals surface area contributed by atoms with Gasteiger partial charge in [0.1, 0.15) is 5.69 Å². The molecule has 1 aliphatic rings. The maximum absolute atomic E-state index is 13.2. The van der Waals surface area contributed by atoms with Crippen molar-refractivity contribution in [3.63, 3.8) is 0 Å². The highest BCUT2D eigenvalue weighted by molar-refractivity contribution is 9.10. The monoisotopic (exact) mass is 453 g/mol. The molecule has 134 valence electrons. The maximum Gasteiger partial charge on any atom is 0.270 e. The third-order valence-corrected chi connectivity index (χ3v) is 7.06. The summed E-state index contributed by atoms with van der Waals surface area (Å²) in [7, 11) is -4.02. The zero-order valence-electron chi connectivity index (χ0n) is 13.3. The summed E-state index contributed by atoms with van der Waals surface area (Å²) < 4.78 is 27.9. The van der Waals surface area contributed by atoms with Gasteiger partial charge in [-0.05, 0) is 47.0 Å². The number of halogens is 2. The van der Waals surface area contributed by atoms with Gasteiger partial charge in [0.25, 0.3) is 15.9 Å². The normalized spacial score (nSPS) is 14.5. The quantitative estimate of drug-likeness (QED) is 0.653. The molecule has 1 amide bonds. The van der Waals surface area contributed by atoms with Gasteiger partial charge in [0.05, 0.1) is 14.4 Å². The number of amides is 1. The summed E-state index contributed by atoms with van der Waals surface area (Å²) >= 11 is 9.58. The lowest BCUT2D eigenvalue weighted by Gasteiger charge is -2.11. The molecule has 1 fully saturated rings. The Morgan fingerprint density at radius 1 is 1.27 bits per heavy atom. The van der Waals surface area contributed by atoms with Crippen molar-refractivity contribution in [1.82, 2.24) is 14.3 Å². The van der Waals surface area contributed by atoms with E-state index in [2.05, 4.69) is 26.2 Å². The molecule has 0 spiro atoms. The minimum Gasteiger partial charge on any atom is -0.348 e. The van der Waals surface area contributed by atoms with E-state index in [1.807, 2.05) is 0 Å². The zero-order chi connectivity index (χ0) is 18.5. The summed E-state index contributed by atoms with van der Waals surface area (Å²) in [5.41, 5.74) is 0.103. The van der Waals surface area contributed by atoms with E-state index < -0.39 is 15.9 Å². The fraction of sp³-hybridized carbons (Fsp3) is 0.176. The third-order valence-electron chi connectivity index (χ3n) is 4.11. The van der Waals surface area contributed by atoms with Crippen LogP contribution in [-0.4, -0.2) is 29.3 Å². The SMILES string of the molecule is O=C(NC1CC1)c1cc2c(Cl)c(Br)cnc2n1S(=O)(=O)c1ccccc1. The average molecular weight is 455 g/mol. The van der Waals surface area contributed by atoms with Crippen molar-refractivity contribution in [2.45, 2.75) is 23.8 Å². The van der Waals surface area contributed by atoms with Gasteiger partial charge in [-0.1, -0.05) is 29.8 Å². The first kappa shape index (κ1) is 17.5. The van der Waals surface area contributed by atoms with Crippen LogP contribution in [0.15, 0.2) is 52.0 Å². The second-order valence-corrected chi connectivity index (χ2v) is 9.04. The summed E-state index contributed by atoms with van der Waals surface area (Å²) in [6, 6.07) is 9.48. The Bertz CT molecular complexity index is 1130. The lowest BCUT2D eigenvalue weighted by molar-refractivity contribution is 0.0945. The molecule has 0 aliphatic heterocycles. The molecular weight excluding hydrogens is 442 g/mol. The predicted octanol–water partition coefficient (Wildman–Crippen LogP) is 3.58. The minimum atomic E-state index is -4.02. The molecule has 1 N–H and O–H groups in total. The van der Waals surface area contributed by atoms with Crippen LogP contribution in [0.4, 0.5) is 0 Å². The molecule has 0 radical (unpaired) electrons. The van der Waals surface area contributed by atoms with Gasteiger partial charge in [0, 0.05) is 17.6 Å². The van der Waals surface area contributed by atoms with Crippen LogP contribution in [0.2, 0.25) is 5.02 Å². The van der Waals surface area contributed by atoms with Gasteiger partial charge in [-0.15, -0.1) is 0 Å². The molecular formula is C17H13BrClN3O3S. The lowest BCUT2D eigenvalue weighted by Crippen LogP contribution is -2.29. The van der Waals surface area contributed by atoms with Crippen LogP contribution in [0.25, 0.3) is 11.0 Å². The predicted molar refractivity (Wildman–Crippen MR) is 102 cm³/mol. The number of aromatic nitrogens is 2. The van der Waals surface area contributed by atoms with Crippen LogP contribution >= 0.6 is 27.5 Å². The summed E-state index contributed by atoms with van der Waals surface area (Å²) in [6.45, 7) is 0. The molecule has 0 bridgehead atoms. The molecule has 1 saturated carbocycles. The number of benzene rings is 1. The van der Waals surface area contributed by atoms with E-state index in [-0.39, 0.29) is 22.3 Å². The van der Waals surface area contributed by atoms with E-state index in [1.165, 1.54) is 24.4 Å². The number of pyridine rings is 1. The summed E-state index contributed by atoms with van der Waals surface area (Å²) in [5.74, 6) is -0.461. The van der Waals surface area contributed by atoms with Gasteiger partial charge in [0.15, 0.2) is 5.65 Å². The molecule has 1 aromatic carbocycles. The van der Waals surface area contributed by atoms with Crippen molar-refractivity contribution in [3.8, 4) is 0 Å². The minimum absolute atomic E-state index is 0.0109. The van der Waals surface area contributed by atoms with E-state index in [0.29, 0.717) is 14.9 Å². The van der Waals surface area contributed by atoms with E-state index in [1.54, 1.807) is 18.2 Å². The second kappa shape index (κ2) is 6.37. The largest absolute Gasteiger partial charge is 0.348 e. The Kier molecular flexibility index (Phi) is 4.29. The first-order valence-corrected chi connectivity index (χ1v) is 10.5. The fourth-order valence-electron chi connectivity index (χ4n) is 2.66. The molecule has 0 saturated heterocycles. The van der Waals surface area contributed by atoms with Crippen molar-refractivity contribution >= 4 is 54.5 Å². The molecule has 26 heavy (non-hydrogen) atoms. The molecule has 1 aliphatic carbocycles. The van der Waals surface area contributed by atoms with Crippen molar-refractivity contribution in [3.05, 3.63) is 57.8 Å². The number of hydrogen-bond donors (Lipinski definition) is 1. The highest BCUT2D eigenvalue weighted by Gasteiger charge is 2.31. The number of nitrogens with one attached hydrogen (secondary N) is 1. The Morgan fingerprint density at radius 2 is 1.96 bits per heavy atom. The van der Waals surface area contributed by atoms with E-state index in [4.69, 9.17) is 11.6 Å². The van der Waals surface area contributed by atoms with Crippen LogP contribution in [0.5, 0.6) is 0 Å². The Morgan fingerprint density at radius 3 is 2.62 bits per heavy atom. The van der Waals surface area contributed by atoms with Crippen molar-refractivity contribution in [2.75, 3.05) is 0 Å². The number of fused-ring (bicyclic) bond motifs is 1. The summed E-state index contributed by atoms with van der Waals surface area (Å²) in [4.78, 5) is 17.0. The van der Waals surface area contributed by atoms with Crippen LogP contribution in [0.3, 0.4) is 0 Å². The highest BCUT2D eigenvalue weighted by Crippen LogP contribution is 2.34. The molecule has 0 atom stereocenters. The Balaban J connectivity index is 1.99. The highest BCUT2D eigenvalue weighted by atomic mass is 79.9. The van der Waals surface area contributed by atoms with Gasteiger partial charge >= 0.3 is 0 Å². The van der Waals surface area contributed by atoms with Crippen LogP contribution in [0.1, 0.15) is 23.3 Å². The molecule has 2 aromatic heterocycles. The van der Waals surface area contributed by atoms with Crippen LogP contribution in [-0.2, 0) is 10.0 Å². The van der Waals surface area contributed by atoms with Crippen molar-refractivity contribution in [1.29, 1.82) is 0 Å². The molecule has 6 nitrogen and oxygen atoms in total. The first-order valence-electron chi connectivity index (χ1n) is 7.86. The molecule has 2 heterocycles. The van der Waals surface area contributed by atoms with Gasteiger partial charge in [-0.3, -0.25) is 4.79 Å². The maximum atomic E-state index is 13.2. The van der Waals surface area contributed by atoms with Gasteiger partial charge in [-0.2, -0.15) is 0 Å². The number of nitrogens with zero attached hydrogens (tertiary/aromatic N) is 2. The summed E-state index contributed by atoms with van der Waals surface area (Å²) in [5, 5.41) is 3.52. The van der Waals surface area contributed by atoms with Crippen molar-refractivity contribution in [2.24, 2.45) is 0 Å². The number of rotatable bonds is 4. The Hall–Kier alpha value is -1.90. The topological polar surface area (TPSA) is 81.1 Å². The number of carbonyl (C=O) groups is 1. The Labute approximate surface area is 163 Å². The molecule has 9 heteroatoms. The standard InChI is InChI=1S/C17H13BrClN3O3S/c18-13-9-20-16-12(15(13)19)8-14(17(23)21-10-6-7-10)22(16)26(24,25)11-4-2-1-3-5-11/h1-5,8-10H,6-7H2,(H,21,23). The average Bonchev–Trinajstić information content (AvgIpc) is 3.34. The zero-order valence-corrected chi connectivity index (χ0v) is 16.5. The second-order valence-electron chi connectivity index (χ2n) is 6.02. The summed E-state index contributed by atoms with van der Waals surface area (Å²) in [6.07, 6.45) is 3.20. The number of hydrogen-bond acceptors (Lipinski definition) is 4. The van der Waals surface area contributed by atoms with E-state index >= 15 is 0 Å². The number of carbonyl (C=O) groups excluding carboxylic acids is 1. The van der Waals surface area contributed by atoms with E-state index in [0.717, 1.165) is 16.8 Å². The smallest absolute Gasteiger partial charge is 0.270 e.